The van der Waals surface area contributed by atoms with Crippen LogP contribution in [0.3, 0.4) is 0 Å². The first-order chi connectivity index (χ1) is 8.16. The van der Waals surface area contributed by atoms with Gasteiger partial charge >= 0.3 is 0 Å². The van der Waals surface area contributed by atoms with Gasteiger partial charge in [-0.2, -0.15) is 0 Å². The van der Waals surface area contributed by atoms with Crippen LogP contribution in [-0.2, 0) is 11.3 Å². The molecule has 2 heterocycles. The van der Waals surface area contributed by atoms with Gasteiger partial charge in [0.1, 0.15) is 0 Å². The number of hydrogen-bond donors (Lipinski definition) is 1. The largest absolute Gasteiger partial charge is 0.372 e. The van der Waals surface area contributed by atoms with Crippen LogP contribution in [0.1, 0.15) is 36.5 Å². The molecule has 2 aliphatic rings. The molecule has 3 atom stereocenters. The van der Waals surface area contributed by atoms with Crippen LogP contribution in [-0.4, -0.2) is 18.7 Å². The minimum Gasteiger partial charge on any atom is -0.372 e. The summed E-state index contributed by atoms with van der Waals surface area (Å²) in [5.74, 6) is 0.512. The highest BCUT2D eigenvalue weighted by Gasteiger charge is 2.38. The van der Waals surface area contributed by atoms with E-state index >= 15 is 0 Å². The Kier molecular flexibility index (Phi) is 2.57. The second kappa shape index (κ2) is 3.97. The van der Waals surface area contributed by atoms with E-state index in [0.29, 0.717) is 18.1 Å². The minimum absolute atomic E-state index is 0.355. The third-order valence-electron chi connectivity index (χ3n) is 4.03. The molecule has 2 nitrogen and oxygen atoms in total. The monoisotopic (exact) mass is 229 g/mol. The van der Waals surface area contributed by atoms with E-state index in [9.17, 15) is 0 Å². The fourth-order valence-electron chi connectivity index (χ4n) is 3.03. The van der Waals surface area contributed by atoms with Crippen LogP contribution in [0, 0.1) is 0 Å². The summed E-state index contributed by atoms with van der Waals surface area (Å²) in [6, 6.07) is 7.20. The van der Waals surface area contributed by atoms with Crippen molar-refractivity contribution < 1.29 is 4.74 Å². The zero-order valence-electron chi connectivity index (χ0n) is 10.5. The molecule has 3 unspecified atom stereocenters. The van der Waals surface area contributed by atoms with E-state index in [-0.39, 0.29) is 0 Å². The molecule has 0 spiro atoms. The van der Waals surface area contributed by atoms with Gasteiger partial charge < -0.3 is 10.1 Å². The molecule has 90 valence electrons. The van der Waals surface area contributed by atoms with Gasteiger partial charge in [-0.3, -0.25) is 0 Å². The fraction of sp³-hybridized carbons (Fsp3) is 0.467. The van der Waals surface area contributed by atoms with E-state index in [1.54, 1.807) is 0 Å². The first-order valence-electron chi connectivity index (χ1n) is 6.30. The Morgan fingerprint density at radius 1 is 1.47 bits per heavy atom. The lowest BCUT2D eigenvalue weighted by atomic mass is 9.84. The predicted molar refractivity (Wildman–Crippen MR) is 69.9 cm³/mol. The van der Waals surface area contributed by atoms with Gasteiger partial charge in [0.05, 0.1) is 12.7 Å². The van der Waals surface area contributed by atoms with Crippen molar-refractivity contribution in [2.75, 3.05) is 6.54 Å². The maximum atomic E-state index is 5.94. The summed E-state index contributed by atoms with van der Waals surface area (Å²) in [5.41, 5.74) is 5.14. The summed E-state index contributed by atoms with van der Waals surface area (Å²) in [5, 5.41) is 3.50. The molecular weight excluding hydrogens is 210 g/mol. The predicted octanol–water partition coefficient (Wildman–Crippen LogP) is 2.69. The summed E-state index contributed by atoms with van der Waals surface area (Å²) in [4.78, 5) is 0. The zero-order chi connectivity index (χ0) is 12.0. The molecule has 0 saturated carbocycles. The zero-order valence-corrected chi connectivity index (χ0v) is 10.5. The van der Waals surface area contributed by atoms with Crippen LogP contribution < -0.4 is 5.32 Å². The highest BCUT2D eigenvalue weighted by atomic mass is 16.5. The molecule has 1 saturated heterocycles. The third kappa shape index (κ3) is 1.72. The molecule has 0 bridgehead atoms. The SMILES string of the molecule is C=C(C)c1ccc2c(c1)COC1CNC(C)C21. The number of rotatable bonds is 1. The Morgan fingerprint density at radius 2 is 2.29 bits per heavy atom. The number of ether oxygens (including phenoxy) is 1. The molecule has 3 rings (SSSR count). The summed E-state index contributed by atoms with van der Waals surface area (Å²) >= 11 is 0. The third-order valence-corrected chi connectivity index (χ3v) is 4.03. The second-order valence-electron chi connectivity index (χ2n) is 5.27. The number of fused-ring (bicyclic) bond motifs is 3. The van der Waals surface area contributed by atoms with Crippen molar-refractivity contribution in [3.05, 3.63) is 41.5 Å². The van der Waals surface area contributed by atoms with Gasteiger partial charge in [-0.1, -0.05) is 24.3 Å². The lowest BCUT2D eigenvalue weighted by Crippen LogP contribution is -2.29. The molecule has 1 N–H and O–H groups in total. The van der Waals surface area contributed by atoms with Gasteiger partial charge in [-0.25, -0.2) is 0 Å². The van der Waals surface area contributed by atoms with Gasteiger partial charge in [-0.15, -0.1) is 0 Å². The van der Waals surface area contributed by atoms with E-state index < -0.39 is 0 Å². The van der Waals surface area contributed by atoms with E-state index in [0.717, 1.165) is 18.7 Å². The molecular formula is C15H19NO. The summed E-state index contributed by atoms with van der Waals surface area (Å²) < 4.78 is 5.94. The van der Waals surface area contributed by atoms with E-state index in [1.165, 1.54) is 16.7 Å². The number of allylic oxidation sites excluding steroid dienone is 1. The van der Waals surface area contributed by atoms with Gasteiger partial charge in [0, 0.05) is 18.5 Å². The van der Waals surface area contributed by atoms with Gasteiger partial charge in [0.25, 0.3) is 0 Å². The van der Waals surface area contributed by atoms with Crippen LogP contribution >= 0.6 is 0 Å². The highest BCUT2D eigenvalue weighted by molar-refractivity contribution is 5.63. The normalized spacial score (nSPS) is 30.8. The molecule has 1 fully saturated rings. The molecule has 0 aromatic heterocycles. The topological polar surface area (TPSA) is 21.3 Å². The Morgan fingerprint density at radius 3 is 3.06 bits per heavy atom. The van der Waals surface area contributed by atoms with Crippen molar-refractivity contribution in [2.45, 2.75) is 38.5 Å². The Hall–Kier alpha value is -1.12. The Bertz CT molecular complexity index is 466. The molecule has 1 aromatic carbocycles. The molecule has 1 aromatic rings. The van der Waals surface area contributed by atoms with E-state index in [4.69, 9.17) is 4.74 Å². The smallest absolute Gasteiger partial charge is 0.0787 e. The lowest BCUT2D eigenvalue weighted by molar-refractivity contribution is 0.0273. The maximum Gasteiger partial charge on any atom is 0.0787 e. The fourth-order valence-corrected chi connectivity index (χ4v) is 3.03. The van der Waals surface area contributed by atoms with E-state index in [2.05, 4.69) is 37.0 Å². The van der Waals surface area contributed by atoms with Crippen molar-refractivity contribution >= 4 is 5.57 Å². The first-order valence-corrected chi connectivity index (χ1v) is 6.30. The van der Waals surface area contributed by atoms with Crippen LogP contribution in [0.25, 0.3) is 5.57 Å². The molecule has 0 amide bonds. The molecule has 0 radical (unpaired) electrons. The quantitative estimate of drug-likeness (QED) is 0.799. The number of benzene rings is 1. The lowest BCUT2D eigenvalue weighted by Gasteiger charge is -2.30. The van der Waals surface area contributed by atoms with Crippen molar-refractivity contribution in [1.29, 1.82) is 0 Å². The number of hydrogen-bond acceptors (Lipinski definition) is 2. The van der Waals surface area contributed by atoms with Crippen LogP contribution in [0.5, 0.6) is 0 Å². The number of nitrogens with one attached hydrogen (secondary N) is 1. The minimum atomic E-state index is 0.355. The summed E-state index contributed by atoms with van der Waals surface area (Å²) in [6.07, 6.45) is 0.355. The summed E-state index contributed by atoms with van der Waals surface area (Å²) in [7, 11) is 0. The standard InChI is InChI=1S/C15H19NO/c1-9(2)11-4-5-13-12(6-11)8-17-14-7-16-10(3)15(13)14/h4-6,10,14-16H,1,7-8H2,2-3H3. The van der Waals surface area contributed by atoms with Crippen LogP contribution in [0.4, 0.5) is 0 Å². The van der Waals surface area contributed by atoms with Crippen LogP contribution in [0.2, 0.25) is 0 Å². The van der Waals surface area contributed by atoms with Gasteiger partial charge in [-0.05, 0) is 36.6 Å². The van der Waals surface area contributed by atoms with Gasteiger partial charge in [0.15, 0.2) is 0 Å². The maximum absolute atomic E-state index is 5.94. The average molecular weight is 229 g/mol. The highest BCUT2D eigenvalue weighted by Crippen LogP contribution is 2.37. The van der Waals surface area contributed by atoms with Crippen molar-refractivity contribution in [3.63, 3.8) is 0 Å². The van der Waals surface area contributed by atoms with Crippen LogP contribution in [0.15, 0.2) is 24.8 Å². The van der Waals surface area contributed by atoms with Crippen molar-refractivity contribution in [3.8, 4) is 0 Å². The second-order valence-corrected chi connectivity index (χ2v) is 5.27. The Labute approximate surface area is 103 Å². The average Bonchev–Trinajstić information content (AvgIpc) is 2.70. The van der Waals surface area contributed by atoms with E-state index in [1.807, 2.05) is 6.92 Å². The van der Waals surface area contributed by atoms with Crippen molar-refractivity contribution in [1.82, 2.24) is 5.32 Å². The van der Waals surface area contributed by atoms with Gasteiger partial charge in [0.2, 0.25) is 0 Å². The molecule has 2 aliphatic heterocycles. The molecule has 2 heteroatoms. The summed E-state index contributed by atoms with van der Waals surface area (Å²) in [6.45, 7) is 10.0. The molecule has 0 aliphatic carbocycles. The first kappa shape index (κ1) is 11.0. The van der Waals surface area contributed by atoms with Crippen molar-refractivity contribution in [2.24, 2.45) is 0 Å². The Balaban J connectivity index is 2.03. The molecule has 17 heavy (non-hydrogen) atoms.